The van der Waals surface area contributed by atoms with Gasteiger partial charge in [0, 0.05) is 24.8 Å². The first-order valence-corrected chi connectivity index (χ1v) is 10.9. The molecule has 1 aliphatic heterocycles. The highest BCUT2D eigenvalue weighted by atomic mass is 19.1. The summed E-state index contributed by atoms with van der Waals surface area (Å²) in [6.45, 7) is 2.30. The monoisotopic (exact) mass is 417 g/mol. The molecule has 0 aliphatic carbocycles. The predicted molar refractivity (Wildman–Crippen MR) is 120 cm³/mol. The fraction of sp³-hybridized carbons (Fsp3) is 0.308. The number of halogens is 1. The number of pyridine rings is 1. The van der Waals surface area contributed by atoms with Gasteiger partial charge >= 0.3 is 0 Å². The van der Waals surface area contributed by atoms with E-state index < -0.39 is 0 Å². The van der Waals surface area contributed by atoms with Crippen LogP contribution in [0.3, 0.4) is 0 Å². The summed E-state index contributed by atoms with van der Waals surface area (Å²) < 4.78 is 14.2. The zero-order chi connectivity index (χ0) is 21.5. The number of carbonyl (C=O) groups excluding carboxylic acids is 1. The molecule has 2 atom stereocenters. The fourth-order valence-corrected chi connectivity index (χ4v) is 4.37. The van der Waals surface area contributed by atoms with Crippen molar-refractivity contribution in [2.75, 3.05) is 13.1 Å². The van der Waals surface area contributed by atoms with Crippen molar-refractivity contribution >= 4 is 5.91 Å². The van der Waals surface area contributed by atoms with E-state index in [0.717, 1.165) is 37.2 Å². The van der Waals surface area contributed by atoms with E-state index in [1.54, 1.807) is 12.3 Å². The van der Waals surface area contributed by atoms with Gasteiger partial charge in [-0.05, 0) is 49.1 Å². The summed E-state index contributed by atoms with van der Waals surface area (Å²) in [5.41, 5.74) is 2.58. The Balaban J connectivity index is 1.48. The van der Waals surface area contributed by atoms with E-state index in [2.05, 4.69) is 15.2 Å². The van der Waals surface area contributed by atoms with Crippen LogP contribution in [0.25, 0.3) is 0 Å². The van der Waals surface area contributed by atoms with Crippen molar-refractivity contribution in [3.05, 3.63) is 102 Å². The molecular formula is C26H28FN3O. The van der Waals surface area contributed by atoms with Crippen LogP contribution in [0.1, 0.15) is 35.7 Å². The van der Waals surface area contributed by atoms with Gasteiger partial charge in [-0.1, -0.05) is 54.6 Å². The second-order valence-corrected chi connectivity index (χ2v) is 8.19. The lowest BCUT2D eigenvalue weighted by molar-refractivity contribution is -0.121. The standard InChI is InChI=1S/C26H28FN3O/c27-23-13-5-4-11-21(23)18-30-16-8-12-22(19-30)26(24-14-6-7-15-28-24)29-25(31)17-20-9-2-1-3-10-20/h1-7,9-11,13-15,22,26H,8,12,16-19H2,(H,29,31). The quantitative estimate of drug-likeness (QED) is 0.614. The number of benzene rings is 2. The van der Waals surface area contributed by atoms with Crippen molar-refractivity contribution in [1.29, 1.82) is 0 Å². The normalized spacial score (nSPS) is 17.8. The molecule has 5 heteroatoms. The number of piperidine rings is 1. The first-order valence-electron chi connectivity index (χ1n) is 10.9. The number of nitrogens with zero attached hydrogens (tertiary/aromatic N) is 2. The van der Waals surface area contributed by atoms with E-state index in [1.165, 1.54) is 6.07 Å². The number of nitrogens with one attached hydrogen (secondary N) is 1. The van der Waals surface area contributed by atoms with Crippen molar-refractivity contribution in [2.45, 2.75) is 31.8 Å². The zero-order valence-corrected chi connectivity index (χ0v) is 17.6. The van der Waals surface area contributed by atoms with Gasteiger partial charge in [0.05, 0.1) is 18.2 Å². The molecule has 1 saturated heterocycles. The number of carbonyl (C=O) groups is 1. The maximum absolute atomic E-state index is 14.2. The topological polar surface area (TPSA) is 45.2 Å². The van der Waals surface area contributed by atoms with E-state index in [4.69, 9.17) is 0 Å². The molecule has 3 aromatic rings. The summed E-state index contributed by atoms with van der Waals surface area (Å²) in [6.07, 6.45) is 4.12. The average molecular weight is 418 g/mol. The smallest absolute Gasteiger partial charge is 0.224 e. The first kappa shape index (κ1) is 21.2. The molecule has 0 saturated carbocycles. The number of rotatable bonds is 7. The molecule has 4 rings (SSSR count). The zero-order valence-electron chi connectivity index (χ0n) is 17.6. The van der Waals surface area contributed by atoms with Crippen molar-refractivity contribution in [1.82, 2.24) is 15.2 Å². The average Bonchev–Trinajstić information content (AvgIpc) is 2.80. The van der Waals surface area contributed by atoms with Gasteiger partial charge in [0.1, 0.15) is 5.82 Å². The number of hydrogen-bond acceptors (Lipinski definition) is 3. The summed E-state index contributed by atoms with van der Waals surface area (Å²) >= 11 is 0. The maximum atomic E-state index is 14.2. The first-order chi connectivity index (χ1) is 15.2. The molecule has 1 amide bonds. The van der Waals surface area contributed by atoms with Gasteiger partial charge in [-0.15, -0.1) is 0 Å². The van der Waals surface area contributed by atoms with Crippen LogP contribution < -0.4 is 5.32 Å². The maximum Gasteiger partial charge on any atom is 0.224 e. The minimum absolute atomic E-state index is 0.00641. The Hall–Kier alpha value is -3.05. The van der Waals surface area contributed by atoms with Crippen LogP contribution in [-0.4, -0.2) is 28.9 Å². The number of hydrogen-bond donors (Lipinski definition) is 1. The van der Waals surface area contributed by atoms with Gasteiger partial charge in [0.2, 0.25) is 5.91 Å². The van der Waals surface area contributed by atoms with E-state index in [9.17, 15) is 9.18 Å². The molecule has 4 nitrogen and oxygen atoms in total. The largest absolute Gasteiger partial charge is 0.347 e. The minimum atomic E-state index is -0.166. The van der Waals surface area contributed by atoms with Gasteiger partial charge in [-0.3, -0.25) is 14.7 Å². The van der Waals surface area contributed by atoms with Crippen molar-refractivity contribution in [3.63, 3.8) is 0 Å². The molecule has 2 aromatic carbocycles. The van der Waals surface area contributed by atoms with Crippen LogP contribution in [0.5, 0.6) is 0 Å². The molecule has 2 heterocycles. The molecule has 0 spiro atoms. The third kappa shape index (κ3) is 5.76. The van der Waals surface area contributed by atoms with Gasteiger partial charge in [0.25, 0.3) is 0 Å². The Labute approximate surface area is 183 Å². The Morgan fingerprint density at radius 1 is 1.06 bits per heavy atom. The molecule has 1 aliphatic rings. The van der Waals surface area contributed by atoms with Gasteiger partial charge in [-0.2, -0.15) is 0 Å². The third-order valence-corrected chi connectivity index (χ3v) is 5.90. The van der Waals surface area contributed by atoms with Crippen molar-refractivity contribution in [2.24, 2.45) is 5.92 Å². The molecule has 1 fully saturated rings. The second kappa shape index (κ2) is 10.3. The van der Waals surface area contributed by atoms with Gasteiger partial charge in [0.15, 0.2) is 0 Å². The fourth-order valence-electron chi connectivity index (χ4n) is 4.37. The lowest BCUT2D eigenvalue weighted by atomic mass is 9.88. The SMILES string of the molecule is O=C(Cc1ccccc1)NC(c1ccccn1)C1CCCN(Cc2ccccc2F)C1. The van der Waals surface area contributed by atoms with Crippen LogP contribution in [0, 0.1) is 11.7 Å². The minimum Gasteiger partial charge on any atom is -0.347 e. The van der Waals surface area contributed by atoms with E-state index in [0.29, 0.717) is 18.5 Å². The Morgan fingerprint density at radius 2 is 1.84 bits per heavy atom. The third-order valence-electron chi connectivity index (χ3n) is 5.90. The number of likely N-dealkylation sites (tertiary alicyclic amines) is 1. The van der Waals surface area contributed by atoms with Crippen LogP contribution in [0.4, 0.5) is 4.39 Å². The second-order valence-electron chi connectivity index (χ2n) is 8.19. The van der Waals surface area contributed by atoms with E-state index in [-0.39, 0.29) is 23.7 Å². The molecule has 31 heavy (non-hydrogen) atoms. The van der Waals surface area contributed by atoms with Crippen LogP contribution in [0.2, 0.25) is 0 Å². The van der Waals surface area contributed by atoms with Crippen molar-refractivity contribution < 1.29 is 9.18 Å². The van der Waals surface area contributed by atoms with E-state index in [1.807, 2.05) is 60.7 Å². The lowest BCUT2D eigenvalue weighted by Gasteiger charge is -2.37. The highest BCUT2D eigenvalue weighted by Gasteiger charge is 2.30. The molecule has 1 aromatic heterocycles. The van der Waals surface area contributed by atoms with Crippen LogP contribution in [-0.2, 0) is 17.8 Å². The molecule has 0 bridgehead atoms. The summed E-state index contributed by atoms with van der Waals surface area (Å²) in [5.74, 6) is 0.0466. The van der Waals surface area contributed by atoms with Crippen LogP contribution >= 0.6 is 0 Å². The number of amides is 1. The Kier molecular flexibility index (Phi) is 7.05. The highest BCUT2D eigenvalue weighted by Crippen LogP contribution is 2.30. The van der Waals surface area contributed by atoms with Crippen molar-refractivity contribution in [3.8, 4) is 0 Å². The predicted octanol–water partition coefficient (Wildman–Crippen LogP) is 4.53. The Bertz CT molecular complexity index is 980. The van der Waals surface area contributed by atoms with Crippen LogP contribution in [0.15, 0.2) is 79.0 Å². The summed E-state index contributed by atoms with van der Waals surface area (Å²) in [6, 6.07) is 22.4. The molecule has 2 unspecified atom stereocenters. The summed E-state index contributed by atoms with van der Waals surface area (Å²) in [7, 11) is 0. The molecular weight excluding hydrogens is 389 g/mol. The molecule has 1 N–H and O–H groups in total. The molecule has 0 radical (unpaired) electrons. The Morgan fingerprint density at radius 3 is 2.61 bits per heavy atom. The highest BCUT2D eigenvalue weighted by molar-refractivity contribution is 5.79. The summed E-state index contributed by atoms with van der Waals surface area (Å²) in [5, 5.41) is 3.25. The molecule has 160 valence electrons. The summed E-state index contributed by atoms with van der Waals surface area (Å²) in [4.78, 5) is 19.7. The lowest BCUT2D eigenvalue weighted by Crippen LogP contribution is -2.43. The van der Waals surface area contributed by atoms with Gasteiger partial charge < -0.3 is 5.32 Å². The van der Waals surface area contributed by atoms with Gasteiger partial charge in [-0.25, -0.2) is 4.39 Å². The van der Waals surface area contributed by atoms with E-state index >= 15 is 0 Å². The number of aromatic nitrogens is 1.